The molecule has 1 N–H and O–H groups in total. The van der Waals surface area contributed by atoms with Crippen molar-refractivity contribution in [3.63, 3.8) is 0 Å². The summed E-state index contributed by atoms with van der Waals surface area (Å²) in [5, 5.41) is 14.2. The van der Waals surface area contributed by atoms with E-state index in [2.05, 4.69) is 20.0 Å². The van der Waals surface area contributed by atoms with E-state index in [0.29, 0.717) is 0 Å². The van der Waals surface area contributed by atoms with E-state index in [9.17, 15) is 23.3 Å². The zero-order valence-corrected chi connectivity index (χ0v) is 15.2. The summed E-state index contributed by atoms with van der Waals surface area (Å²) >= 11 is 5.76. The Morgan fingerprint density at radius 3 is 2.76 bits per heavy atom. The lowest BCUT2D eigenvalue weighted by Crippen LogP contribution is -2.10. The molecule has 152 valence electrons. The van der Waals surface area contributed by atoms with Crippen molar-refractivity contribution in [3.8, 4) is 5.75 Å². The number of nitrogens with one attached hydrogen (secondary N) is 1. The summed E-state index contributed by atoms with van der Waals surface area (Å²) in [5.74, 6) is -0.791. The van der Waals surface area contributed by atoms with Gasteiger partial charge in [-0.3, -0.25) is 10.1 Å². The van der Waals surface area contributed by atoms with Gasteiger partial charge in [0.1, 0.15) is 18.8 Å². The first-order chi connectivity index (χ1) is 13.9. The van der Waals surface area contributed by atoms with Gasteiger partial charge in [0.2, 0.25) is 0 Å². The Morgan fingerprint density at radius 2 is 2.03 bits per heavy atom. The van der Waals surface area contributed by atoms with Gasteiger partial charge in [0.25, 0.3) is 0 Å². The molecule has 0 bridgehead atoms. The average Bonchev–Trinajstić information content (AvgIpc) is 2.68. The van der Waals surface area contributed by atoms with E-state index in [1.165, 1.54) is 30.6 Å². The lowest BCUT2D eigenvalue weighted by Gasteiger charge is -2.12. The molecule has 0 atom stereocenters. The molecule has 0 saturated carbocycles. The number of hydrogen-bond acceptors (Lipinski definition) is 7. The molecular formula is C17H12ClF3N4O4. The van der Waals surface area contributed by atoms with Gasteiger partial charge in [0.05, 0.1) is 33.1 Å². The number of ether oxygens (including phenoxy) is 2. The van der Waals surface area contributed by atoms with Crippen LogP contribution >= 0.6 is 11.6 Å². The summed E-state index contributed by atoms with van der Waals surface area (Å²) in [6, 6.07) is 6.71. The minimum Gasteiger partial charge on any atom is -0.484 e. The number of rotatable bonds is 8. The van der Waals surface area contributed by atoms with Crippen molar-refractivity contribution >= 4 is 39.7 Å². The van der Waals surface area contributed by atoms with Gasteiger partial charge in [-0.2, -0.15) is 8.78 Å². The minimum atomic E-state index is -2.97. The van der Waals surface area contributed by atoms with Crippen LogP contribution in [0.25, 0.3) is 10.9 Å². The van der Waals surface area contributed by atoms with Crippen LogP contribution in [0.5, 0.6) is 5.75 Å². The molecule has 8 nitrogen and oxygen atoms in total. The van der Waals surface area contributed by atoms with E-state index in [1.54, 1.807) is 0 Å². The highest BCUT2D eigenvalue weighted by Crippen LogP contribution is 2.35. The normalized spacial score (nSPS) is 11.1. The monoisotopic (exact) mass is 428 g/mol. The molecule has 3 rings (SSSR count). The number of nitro benzene ring substituents is 1. The van der Waals surface area contributed by atoms with Crippen molar-refractivity contribution in [2.24, 2.45) is 0 Å². The number of fused-ring (bicyclic) bond motifs is 1. The molecule has 0 spiro atoms. The van der Waals surface area contributed by atoms with Crippen LogP contribution in [0.4, 0.5) is 30.4 Å². The van der Waals surface area contributed by atoms with E-state index >= 15 is 0 Å². The van der Waals surface area contributed by atoms with Crippen LogP contribution in [0.1, 0.15) is 0 Å². The SMILES string of the molecule is O=[N+]([O-])c1cc2c(Nc3cccc(Cl)c3F)ncnc2cc1OCCOC(F)F. The van der Waals surface area contributed by atoms with E-state index < -0.39 is 29.6 Å². The molecule has 3 aromatic rings. The van der Waals surface area contributed by atoms with Crippen LogP contribution in [0.2, 0.25) is 5.02 Å². The van der Waals surface area contributed by atoms with Gasteiger partial charge in [-0.15, -0.1) is 0 Å². The smallest absolute Gasteiger partial charge is 0.345 e. The number of hydrogen-bond donors (Lipinski definition) is 1. The van der Waals surface area contributed by atoms with Crippen LogP contribution < -0.4 is 10.1 Å². The fourth-order valence-corrected chi connectivity index (χ4v) is 2.62. The molecule has 0 fully saturated rings. The molecule has 12 heteroatoms. The Kier molecular flexibility index (Phi) is 6.29. The fourth-order valence-electron chi connectivity index (χ4n) is 2.45. The third kappa shape index (κ3) is 4.81. The molecule has 1 heterocycles. The standard InChI is InChI=1S/C17H12ClF3N4O4/c18-10-2-1-3-11(15(10)19)24-16-9-6-13(25(26)27)14(7-12(9)22-8-23-16)28-4-5-29-17(20)21/h1-3,6-8,17H,4-5H2,(H,22,23,24). The molecule has 0 amide bonds. The van der Waals surface area contributed by atoms with E-state index in [0.717, 1.165) is 6.07 Å². The van der Waals surface area contributed by atoms with E-state index in [1.807, 2.05) is 0 Å². The molecule has 0 aliphatic carbocycles. The predicted molar refractivity (Wildman–Crippen MR) is 98.3 cm³/mol. The average molecular weight is 429 g/mol. The highest BCUT2D eigenvalue weighted by Gasteiger charge is 2.20. The largest absolute Gasteiger partial charge is 0.484 e. The van der Waals surface area contributed by atoms with Gasteiger partial charge >= 0.3 is 12.3 Å². The first-order valence-electron chi connectivity index (χ1n) is 8.03. The van der Waals surface area contributed by atoms with Gasteiger partial charge in [-0.1, -0.05) is 17.7 Å². The highest BCUT2D eigenvalue weighted by atomic mass is 35.5. The zero-order valence-electron chi connectivity index (χ0n) is 14.4. The van der Waals surface area contributed by atoms with Gasteiger partial charge in [-0.25, -0.2) is 14.4 Å². The summed E-state index contributed by atoms with van der Waals surface area (Å²) in [6.07, 6.45) is 1.17. The van der Waals surface area contributed by atoms with Gasteiger partial charge < -0.3 is 14.8 Å². The second-order valence-electron chi connectivity index (χ2n) is 5.52. The third-order valence-corrected chi connectivity index (χ3v) is 3.99. The Labute approximate surface area is 166 Å². The summed E-state index contributed by atoms with van der Waals surface area (Å²) in [6.45, 7) is -3.77. The van der Waals surface area contributed by atoms with Crippen LogP contribution in [0, 0.1) is 15.9 Å². The molecule has 29 heavy (non-hydrogen) atoms. The molecule has 0 unspecified atom stereocenters. The lowest BCUT2D eigenvalue weighted by atomic mass is 10.2. The number of nitro groups is 1. The van der Waals surface area contributed by atoms with Crippen LogP contribution in [0.15, 0.2) is 36.7 Å². The molecule has 0 aliphatic rings. The predicted octanol–water partition coefficient (Wildman–Crippen LogP) is 4.69. The van der Waals surface area contributed by atoms with Crippen molar-refractivity contribution in [2.75, 3.05) is 18.5 Å². The topological polar surface area (TPSA) is 99.4 Å². The van der Waals surface area contributed by atoms with Crippen molar-refractivity contribution in [1.82, 2.24) is 9.97 Å². The van der Waals surface area contributed by atoms with E-state index in [4.69, 9.17) is 16.3 Å². The van der Waals surface area contributed by atoms with Crippen molar-refractivity contribution in [2.45, 2.75) is 6.61 Å². The number of halogens is 4. The van der Waals surface area contributed by atoms with Crippen LogP contribution in [0.3, 0.4) is 0 Å². The Morgan fingerprint density at radius 1 is 1.24 bits per heavy atom. The maximum Gasteiger partial charge on any atom is 0.345 e. The highest BCUT2D eigenvalue weighted by molar-refractivity contribution is 6.31. The summed E-state index contributed by atoms with van der Waals surface area (Å²) in [4.78, 5) is 18.7. The number of benzene rings is 2. The second kappa shape index (κ2) is 8.88. The number of anilines is 2. The molecule has 1 aromatic heterocycles. The first kappa shape index (κ1) is 20.6. The van der Waals surface area contributed by atoms with Gasteiger partial charge in [0, 0.05) is 12.1 Å². The Hall–Kier alpha value is -3.18. The molecule has 0 aliphatic heterocycles. The molecular weight excluding hydrogens is 417 g/mol. The lowest BCUT2D eigenvalue weighted by molar-refractivity contribution is -0.385. The summed E-state index contributed by atoms with van der Waals surface area (Å²) < 4.78 is 47.4. The van der Waals surface area contributed by atoms with Crippen molar-refractivity contribution in [1.29, 1.82) is 0 Å². The number of aromatic nitrogens is 2. The van der Waals surface area contributed by atoms with E-state index in [-0.39, 0.29) is 39.8 Å². The fraction of sp³-hybridized carbons (Fsp3) is 0.176. The molecule has 2 aromatic carbocycles. The summed E-state index contributed by atoms with van der Waals surface area (Å²) in [7, 11) is 0. The second-order valence-corrected chi connectivity index (χ2v) is 5.93. The maximum absolute atomic E-state index is 14.2. The zero-order chi connectivity index (χ0) is 21.0. The van der Waals surface area contributed by atoms with Gasteiger partial charge in [0.15, 0.2) is 11.6 Å². The number of alkyl halides is 2. The molecule has 0 radical (unpaired) electrons. The maximum atomic E-state index is 14.2. The third-order valence-electron chi connectivity index (χ3n) is 3.70. The Balaban J connectivity index is 1.96. The van der Waals surface area contributed by atoms with Crippen LogP contribution in [-0.2, 0) is 4.74 Å². The molecule has 0 saturated heterocycles. The Bertz CT molecular complexity index is 1050. The number of nitrogens with zero attached hydrogens (tertiary/aromatic N) is 3. The summed E-state index contributed by atoms with van der Waals surface area (Å²) in [5.41, 5.74) is -0.177. The van der Waals surface area contributed by atoms with Crippen LogP contribution in [-0.4, -0.2) is 34.7 Å². The minimum absolute atomic E-state index is 0.0182. The van der Waals surface area contributed by atoms with Crippen molar-refractivity contribution in [3.05, 3.63) is 57.6 Å². The first-order valence-corrected chi connectivity index (χ1v) is 8.41. The van der Waals surface area contributed by atoms with Crippen molar-refractivity contribution < 1.29 is 27.6 Å². The quantitative estimate of drug-likeness (QED) is 0.315. The van der Waals surface area contributed by atoms with Gasteiger partial charge in [-0.05, 0) is 12.1 Å².